The van der Waals surface area contributed by atoms with E-state index >= 15 is 0 Å². The lowest BCUT2D eigenvalue weighted by atomic mass is 10.4. The first kappa shape index (κ1) is 20.5. The van der Waals surface area contributed by atoms with Crippen molar-refractivity contribution in [2.24, 2.45) is 12.0 Å². The molecule has 0 fully saturated rings. The van der Waals surface area contributed by atoms with E-state index in [2.05, 4.69) is 22.1 Å². The lowest BCUT2D eigenvalue weighted by molar-refractivity contribution is 0.155. The molecule has 122 valence electrons. The molecular formula is C14H26ClIN4O. The molecule has 0 aromatic carbocycles. The Morgan fingerprint density at radius 3 is 2.71 bits per heavy atom. The average Bonchev–Trinajstić information content (AvgIpc) is 2.71. The zero-order chi connectivity index (χ0) is 15.0. The van der Waals surface area contributed by atoms with Gasteiger partial charge >= 0.3 is 0 Å². The number of aromatic nitrogens is 1. The van der Waals surface area contributed by atoms with Gasteiger partial charge in [-0.25, -0.2) is 0 Å². The van der Waals surface area contributed by atoms with Crippen molar-refractivity contribution in [2.75, 3.05) is 33.4 Å². The first-order chi connectivity index (χ1) is 9.58. The minimum Gasteiger partial charge on any atom is -0.380 e. The Morgan fingerprint density at radius 1 is 1.48 bits per heavy atom. The van der Waals surface area contributed by atoms with Crippen molar-refractivity contribution < 1.29 is 4.74 Å². The smallest absolute Gasteiger partial charge is 0.194 e. The quantitative estimate of drug-likeness (QED) is 0.314. The number of ether oxygens (including phenoxy) is 1. The summed E-state index contributed by atoms with van der Waals surface area (Å²) in [4.78, 5) is 6.63. The van der Waals surface area contributed by atoms with Crippen LogP contribution in [0.3, 0.4) is 0 Å². The van der Waals surface area contributed by atoms with Gasteiger partial charge in [-0.05, 0) is 19.9 Å². The van der Waals surface area contributed by atoms with Gasteiger partial charge in [-0.15, -0.1) is 24.0 Å². The molecule has 0 amide bonds. The van der Waals surface area contributed by atoms with Gasteiger partial charge in [-0.2, -0.15) is 0 Å². The van der Waals surface area contributed by atoms with Crippen LogP contribution in [0.15, 0.2) is 17.3 Å². The zero-order valence-electron chi connectivity index (χ0n) is 13.2. The number of guanidine groups is 1. The van der Waals surface area contributed by atoms with Crippen LogP contribution in [0.25, 0.3) is 0 Å². The normalized spacial score (nSPS) is 11.2. The lowest BCUT2D eigenvalue weighted by Gasteiger charge is -2.22. The maximum absolute atomic E-state index is 6.01. The van der Waals surface area contributed by atoms with Crippen molar-refractivity contribution in [3.8, 4) is 0 Å². The van der Waals surface area contributed by atoms with Crippen molar-refractivity contribution in [2.45, 2.75) is 20.4 Å². The fourth-order valence-corrected chi connectivity index (χ4v) is 2.14. The number of nitrogens with one attached hydrogen (secondary N) is 1. The van der Waals surface area contributed by atoms with Crippen LogP contribution in [0, 0.1) is 0 Å². The van der Waals surface area contributed by atoms with Crippen molar-refractivity contribution in [3.63, 3.8) is 0 Å². The summed E-state index contributed by atoms with van der Waals surface area (Å²) in [5, 5.41) is 4.04. The van der Waals surface area contributed by atoms with E-state index < -0.39 is 0 Å². The van der Waals surface area contributed by atoms with Crippen LogP contribution in [0.4, 0.5) is 0 Å². The first-order valence-electron chi connectivity index (χ1n) is 6.96. The molecular weight excluding hydrogens is 403 g/mol. The van der Waals surface area contributed by atoms with Crippen LogP contribution in [-0.4, -0.2) is 48.8 Å². The fraction of sp³-hybridized carbons (Fsp3) is 0.643. The fourth-order valence-electron chi connectivity index (χ4n) is 1.87. The molecule has 0 aliphatic carbocycles. The number of aryl methyl sites for hydroxylation is 1. The maximum atomic E-state index is 6.01. The molecule has 1 N–H and O–H groups in total. The van der Waals surface area contributed by atoms with E-state index in [0.717, 1.165) is 36.4 Å². The van der Waals surface area contributed by atoms with E-state index in [1.54, 1.807) is 0 Å². The molecule has 0 aliphatic rings. The number of hydrogen-bond donors (Lipinski definition) is 1. The Balaban J connectivity index is 0.00000400. The van der Waals surface area contributed by atoms with Gasteiger partial charge in [-0.3, -0.25) is 4.99 Å². The number of rotatable bonds is 7. The summed E-state index contributed by atoms with van der Waals surface area (Å²) in [6, 6.07) is 1.97. The Kier molecular flexibility index (Phi) is 10.9. The highest BCUT2D eigenvalue weighted by Gasteiger charge is 2.09. The summed E-state index contributed by atoms with van der Waals surface area (Å²) in [7, 11) is 4.01. The Labute approximate surface area is 149 Å². The predicted octanol–water partition coefficient (Wildman–Crippen LogP) is 2.73. The number of hydrogen-bond acceptors (Lipinski definition) is 2. The van der Waals surface area contributed by atoms with Crippen molar-refractivity contribution in [1.29, 1.82) is 0 Å². The molecule has 0 saturated carbocycles. The van der Waals surface area contributed by atoms with E-state index in [0.29, 0.717) is 13.2 Å². The molecule has 1 heterocycles. The molecule has 0 unspecified atom stereocenters. The van der Waals surface area contributed by atoms with Crippen LogP contribution >= 0.6 is 35.6 Å². The molecule has 0 aliphatic heterocycles. The average molecular weight is 429 g/mol. The summed E-state index contributed by atoms with van der Waals surface area (Å²) in [5.41, 5.74) is 1.15. The molecule has 1 rings (SSSR count). The largest absolute Gasteiger partial charge is 0.380 e. The second-order valence-electron chi connectivity index (χ2n) is 4.55. The van der Waals surface area contributed by atoms with Gasteiger partial charge in [-0.1, -0.05) is 11.6 Å². The van der Waals surface area contributed by atoms with Gasteiger partial charge in [0, 0.05) is 39.1 Å². The Bertz CT molecular complexity index is 437. The number of nitrogens with zero attached hydrogens (tertiary/aromatic N) is 3. The monoisotopic (exact) mass is 428 g/mol. The second-order valence-corrected chi connectivity index (χ2v) is 4.99. The van der Waals surface area contributed by atoms with Gasteiger partial charge in [0.1, 0.15) is 0 Å². The second kappa shape index (κ2) is 11.1. The molecule has 0 atom stereocenters. The standard InChI is InChI=1S/C14H25ClN4O.HI/c1-5-16-14(17-7-8-20-6-2)19(4)11-13-9-12(15)10-18(13)3;/h9-10H,5-8,11H2,1-4H3,(H,16,17);1H. The summed E-state index contributed by atoms with van der Waals surface area (Å²) >= 11 is 6.01. The Hall–Kier alpha value is -0.470. The van der Waals surface area contributed by atoms with Crippen LogP contribution < -0.4 is 5.32 Å². The van der Waals surface area contributed by atoms with Gasteiger partial charge in [0.15, 0.2) is 5.96 Å². The van der Waals surface area contributed by atoms with Crippen molar-refractivity contribution >= 4 is 41.5 Å². The molecule has 0 saturated heterocycles. The summed E-state index contributed by atoms with van der Waals surface area (Å²) in [6.07, 6.45) is 1.91. The Morgan fingerprint density at radius 2 is 2.19 bits per heavy atom. The minimum absolute atomic E-state index is 0. The highest BCUT2D eigenvalue weighted by molar-refractivity contribution is 14.0. The molecule has 5 nitrogen and oxygen atoms in total. The third-order valence-electron chi connectivity index (χ3n) is 2.87. The van der Waals surface area contributed by atoms with Gasteiger partial charge in [0.25, 0.3) is 0 Å². The summed E-state index contributed by atoms with van der Waals surface area (Å²) < 4.78 is 7.34. The van der Waals surface area contributed by atoms with Crippen LogP contribution in [-0.2, 0) is 18.3 Å². The van der Waals surface area contributed by atoms with Crippen molar-refractivity contribution in [3.05, 3.63) is 23.0 Å². The third-order valence-corrected chi connectivity index (χ3v) is 3.08. The lowest BCUT2D eigenvalue weighted by Crippen LogP contribution is -2.39. The number of aliphatic imine (C=N–C) groups is 1. The van der Waals surface area contributed by atoms with Gasteiger partial charge < -0.3 is 19.5 Å². The highest BCUT2D eigenvalue weighted by Crippen LogP contribution is 2.14. The summed E-state index contributed by atoms with van der Waals surface area (Å²) in [6.45, 7) is 7.67. The van der Waals surface area contributed by atoms with Gasteiger partial charge in [0.05, 0.1) is 24.7 Å². The molecule has 21 heavy (non-hydrogen) atoms. The van der Waals surface area contributed by atoms with E-state index in [9.17, 15) is 0 Å². The van der Waals surface area contributed by atoms with Gasteiger partial charge in [0.2, 0.25) is 0 Å². The van der Waals surface area contributed by atoms with Crippen LogP contribution in [0.2, 0.25) is 5.02 Å². The highest BCUT2D eigenvalue weighted by atomic mass is 127. The minimum atomic E-state index is 0. The molecule has 0 bridgehead atoms. The first-order valence-corrected chi connectivity index (χ1v) is 7.34. The van der Waals surface area contributed by atoms with E-state index in [1.807, 2.05) is 37.8 Å². The van der Waals surface area contributed by atoms with E-state index in [1.165, 1.54) is 0 Å². The SMILES string of the molecule is CCNC(=NCCOCC)N(C)Cc1cc(Cl)cn1C.I. The topological polar surface area (TPSA) is 41.8 Å². The number of halogens is 2. The molecule has 1 aromatic heterocycles. The van der Waals surface area contributed by atoms with Crippen LogP contribution in [0.1, 0.15) is 19.5 Å². The zero-order valence-corrected chi connectivity index (χ0v) is 16.3. The van der Waals surface area contributed by atoms with E-state index in [-0.39, 0.29) is 24.0 Å². The molecule has 0 spiro atoms. The molecule has 7 heteroatoms. The van der Waals surface area contributed by atoms with Crippen molar-refractivity contribution in [1.82, 2.24) is 14.8 Å². The third kappa shape index (κ3) is 7.37. The predicted molar refractivity (Wildman–Crippen MR) is 99.8 cm³/mol. The molecule has 0 radical (unpaired) electrons. The van der Waals surface area contributed by atoms with E-state index in [4.69, 9.17) is 16.3 Å². The molecule has 1 aromatic rings. The van der Waals surface area contributed by atoms with Crippen LogP contribution in [0.5, 0.6) is 0 Å². The maximum Gasteiger partial charge on any atom is 0.194 e. The summed E-state index contributed by atoms with van der Waals surface area (Å²) in [5.74, 6) is 0.879.